The van der Waals surface area contributed by atoms with E-state index in [0.29, 0.717) is 5.75 Å². The van der Waals surface area contributed by atoms with Crippen LogP contribution in [0.5, 0.6) is 5.75 Å². The lowest BCUT2D eigenvalue weighted by molar-refractivity contribution is 0.414. The predicted molar refractivity (Wildman–Crippen MR) is 85.7 cm³/mol. The van der Waals surface area contributed by atoms with Crippen molar-refractivity contribution in [3.8, 4) is 16.3 Å². The number of benzene rings is 1. The summed E-state index contributed by atoms with van der Waals surface area (Å²) in [6, 6.07) is 11.7. The smallest absolute Gasteiger partial charge is 0.263 e. The average Bonchev–Trinajstić information content (AvgIpc) is 3.18. The number of hydrogen-bond donors (Lipinski definition) is 2. The molecule has 3 aromatic rings. The fourth-order valence-corrected chi connectivity index (χ4v) is 3.57. The largest absolute Gasteiger partial charge is 0.497 e. The molecule has 6 nitrogen and oxygen atoms in total. The highest BCUT2D eigenvalue weighted by Crippen LogP contribution is 2.25. The minimum absolute atomic E-state index is 0.147. The molecule has 3 rings (SSSR count). The van der Waals surface area contributed by atoms with Gasteiger partial charge in [0, 0.05) is 6.07 Å². The van der Waals surface area contributed by atoms with Gasteiger partial charge in [-0.1, -0.05) is 6.07 Å². The van der Waals surface area contributed by atoms with Crippen LogP contribution in [-0.4, -0.2) is 25.7 Å². The van der Waals surface area contributed by atoms with Crippen LogP contribution in [0.2, 0.25) is 0 Å². The van der Waals surface area contributed by atoms with Gasteiger partial charge in [-0.15, -0.1) is 11.3 Å². The lowest BCUT2D eigenvalue weighted by Crippen LogP contribution is -2.13. The Morgan fingerprint density at radius 1 is 1.23 bits per heavy atom. The molecule has 0 atom stereocenters. The molecule has 0 radical (unpaired) electrons. The molecule has 0 spiro atoms. The Kier molecular flexibility index (Phi) is 3.86. The minimum atomic E-state index is -3.68. The molecule has 8 heteroatoms. The van der Waals surface area contributed by atoms with Crippen LogP contribution in [0.3, 0.4) is 0 Å². The SMILES string of the molecule is COc1ccc(S(=O)(=O)Nc2cc(-c3cccs3)[nH]n2)cc1. The van der Waals surface area contributed by atoms with E-state index < -0.39 is 10.0 Å². The molecule has 0 unspecified atom stereocenters. The molecule has 0 aliphatic carbocycles. The standard InChI is InChI=1S/C14H13N3O3S2/c1-20-10-4-6-11(7-5-10)22(18,19)17-14-9-12(15-16-14)13-3-2-8-21-13/h2-9H,1H3,(H2,15,16,17). The number of hydrogen-bond acceptors (Lipinski definition) is 5. The van der Waals surface area contributed by atoms with E-state index >= 15 is 0 Å². The van der Waals surface area contributed by atoms with Gasteiger partial charge in [-0.25, -0.2) is 8.42 Å². The molecule has 2 N–H and O–H groups in total. The van der Waals surface area contributed by atoms with Crippen molar-refractivity contribution >= 4 is 27.2 Å². The summed E-state index contributed by atoms with van der Waals surface area (Å²) in [6.07, 6.45) is 0. The van der Waals surface area contributed by atoms with Gasteiger partial charge in [0.05, 0.1) is 22.6 Å². The van der Waals surface area contributed by atoms with Crippen molar-refractivity contribution in [3.63, 3.8) is 0 Å². The molecule has 2 heterocycles. The number of anilines is 1. The van der Waals surface area contributed by atoms with E-state index in [-0.39, 0.29) is 10.7 Å². The number of sulfonamides is 1. The number of nitrogens with one attached hydrogen (secondary N) is 2. The zero-order valence-electron chi connectivity index (χ0n) is 11.6. The Morgan fingerprint density at radius 3 is 2.64 bits per heavy atom. The Balaban J connectivity index is 1.82. The number of methoxy groups -OCH3 is 1. The van der Waals surface area contributed by atoms with Crippen molar-refractivity contribution in [1.29, 1.82) is 0 Å². The van der Waals surface area contributed by atoms with E-state index in [0.717, 1.165) is 10.6 Å². The number of rotatable bonds is 5. The van der Waals surface area contributed by atoms with Crippen molar-refractivity contribution < 1.29 is 13.2 Å². The molecule has 0 aliphatic rings. The number of aromatic amines is 1. The summed E-state index contributed by atoms with van der Waals surface area (Å²) < 4.78 is 32.0. The van der Waals surface area contributed by atoms with E-state index in [4.69, 9.17) is 4.74 Å². The molecular formula is C14H13N3O3S2. The second kappa shape index (κ2) is 5.82. The van der Waals surface area contributed by atoms with Crippen LogP contribution < -0.4 is 9.46 Å². The van der Waals surface area contributed by atoms with Gasteiger partial charge in [0.25, 0.3) is 10.0 Å². The lowest BCUT2D eigenvalue weighted by atomic mass is 10.3. The summed E-state index contributed by atoms with van der Waals surface area (Å²) in [4.78, 5) is 1.14. The number of aromatic nitrogens is 2. The highest BCUT2D eigenvalue weighted by Gasteiger charge is 2.16. The summed E-state index contributed by atoms with van der Waals surface area (Å²) in [5.41, 5.74) is 0.766. The molecule has 0 saturated heterocycles. The Hall–Kier alpha value is -2.32. The summed E-state index contributed by atoms with van der Waals surface area (Å²) in [5.74, 6) is 0.845. The highest BCUT2D eigenvalue weighted by atomic mass is 32.2. The molecule has 0 aliphatic heterocycles. The van der Waals surface area contributed by atoms with E-state index in [1.807, 2.05) is 17.5 Å². The molecule has 0 fully saturated rings. The second-order valence-electron chi connectivity index (χ2n) is 4.43. The Morgan fingerprint density at radius 2 is 2.00 bits per heavy atom. The van der Waals surface area contributed by atoms with Gasteiger partial charge in [-0.3, -0.25) is 9.82 Å². The van der Waals surface area contributed by atoms with Crippen LogP contribution in [0.4, 0.5) is 5.82 Å². The third kappa shape index (κ3) is 2.97. The van der Waals surface area contributed by atoms with Crippen molar-refractivity contribution in [1.82, 2.24) is 10.2 Å². The van der Waals surface area contributed by atoms with Gasteiger partial charge >= 0.3 is 0 Å². The summed E-state index contributed by atoms with van der Waals surface area (Å²) in [7, 11) is -2.15. The van der Waals surface area contributed by atoms with Crippen LogP contribution in [0, 0.1) is 0 Å². The molecule has 1 aromatic carbocycles. The molecular weight excluding hydrogens is 322 g/mol. The number of thiophene rings is 1. The first kappa shape index (κ1) is 14.6. The number of ether oxygens (including phenoxy) is 1. The molecule has 114 valence electrons. The van der Waals surface area contributed by atoms with E-state index in [9.17, 15) is 8.42 Å². The summed E-state index contributed by atoms with van der Waals surface area (Å²) in [5, 5.41) is 8.74. The Labute approximate surface area is 131 Å². The molecule has 0 amide bonds. The van der Waals surface area contributed by atoms with Crippen LogP contribution >= 0.6 is 11.3 Å². The topological polar surface area (TPSA) is 84.1 Å². The molecule has 2 aromatic heterocycles. The van der Waals surface area contributed by atoms with E-state index in [1.165, 1.54) is 19.2 Å². The first-order valence-corrected chi connectivity index (χ1v) is 8.71. The fourth-order valence-electron chi connectivity index (χ4n) is 1.88. The Bertz CT molecular complexity index is 853. The maximum atomic E-state index is 12.3. The average molecular weight is 335 g/mol. The third-order valence-corrected chi connectivity index (χ3v) is 5.25. The quantitative estimate of drug-likeness (QED) is 0.751. The summed E-state index contributed by atoms with van der Waals surface area (Å²) >= 11 is 1.55. The van der Waals surface area contributed by atoms with Crippen molar-refractivity contribution in [2.24, 2.45) is 0 Å². The zero-order chi connectivity index (χ0) is 15.6. The normalized spacial score (nSPS) is 11.3. The predicted octanol–water partition coefficient (Wildman–Crippen LogP) is 2.95. The minimum Gasteiger partial charge on any atom is -0.497 e. The molecule has 22 heavy (non-hydrogen) atoms. The fraction of sp³-hybridized carbons (Fsp3) is 0.0714. The van der Waals surface area contributed by atoms with Gasteiger partial charge in [0.1, 0.15) is 5.75 Å². The maximum absolute atomic E-state index is 12.3. The number of nitrogens with zero attached hydrogens (tertiary/aromatic N) is 1. The number of H-pyrrole nitrogens is 1. The van der Waals surface area contributed by atoms with E-state index in [1.54, 1.807) is 29.5 Å². The van der Waals surface area contributed by atoms with Crippen molar-refractivity contribution in [3.05, 3.63) is 47.8 Å². The lowest BCUT2D eigenvalue weighted by Gasteiger charge is -2.06. The van der Waals surface area contributed by atoms with Gasteiger partial charge in [-0.2, -0.15) is 5.10 Å². The summed E-state index contributed by atoms with van der Waals surface area (Å²) in [6.45, 7) is 0. The van der Waals surface area contributed by atoms with Gasteiger partial charge in [0.15, 0.2) is 5.82 Å². The van der Waals surface area contributed by atoms with Gasteiger partial charge in [-0.05, 0) is 35.7 Å². The van der Waals surface area contributed by atoms with Crippen LogP contribution in [0.1, 0.15) is 0 Å². The molecule has 0 saturated carbocycles. The van der Waals surface area contributed by atoms with Crippen molar-refractivity contribution in [2.75, 3.05) is 11.8 Å². The monoisotopic (exact) mass is 335 g/mol. The van der Waals surface area contributed by atoms with Crippen LogP contribution in [0.15, 0.2) is 52.7 Å². The van der Waals surface area contributed by atoms with Crippen LogP contribution in [-0.2, 0) is 10.0 Å². The highest BCUT2D eigenvalue weighted by molar-refractivity contribution is 7.92. The van der Waals surface area contributed by atoms with Crippen molar-refractivity contribution in [2.45, 2.75) is 4.90 Å². The van der Waals surface area contributed by atoms with Crippen LogP contribution in [0.25, 0.3) is 10.6 Å². The molecule has 0 bridgehead atoms. The van der Waals surface area contributed by atoms with Gasteiger partial charge < -0.3 is 4.74 Å². The maximum Gasteiger partial charge on any atom is 0.263 e. The zero-order valence-corrected chi connectivity index (χ0v) is 13.2. The first-order chi connectivity index (χ1) is 10.6. The third-order valence-electron chi connectivity index (χ3n) is 2.97. The second-order valence-corrected chi connectivity index (χ2v) is 7.06. The van der Waals surface area contributed by atoms with E-state index in [2.05, 4.69) is 14.9 Å². The van der Waals surface area contributed by atoms with Gasteiger partial charge in [0.2, 0.25) is 0 Å². The first-order valence-electron chi connectivity index (χ1n) is 6.35.